The summed E-state index contributed by atoms with van der Waals surface area (Å²) >= 11 is 0. The molecule has 4 heteroatoms. The van der Waals surface area contributed by atoms with Crippen LogP contribution < -0.4 is 5.32 Å². The van der Waals surface area contributed by atoms with E-state index in [4.69, 9.17) is 5.11 Å². The van der Waals surface area contributed by atoms with E-state index < -0.39 is 6.09 Å². The molecule has 1 amide bonds. The Morgan fingerprint density at radius 3 is 2.47 bits per heavy atom. The number of nitrogens with zero attached hydrogens (tertiary/aromatic N) is 1. The fourth-order valence-corrected chi connectivity index (χ4v) is 2.16. The van der Waals surface area contributed by atoms with E-state index in [1.54, 1.807) is 0 Å². The Morgan fingerprint density at radius 2 is 2.07 bits per heavy atom. The number of hydrogen-bond donors (Lipinski definition) is 2. The van der Waals surface area contributed by atoms with Gasteiger partial charge in [-0.15, -0.1) is 0 Å². The van der Waals surface area contributed by atoms with Gasteiger partial charge in [0.15, 0.2) is 0 Å². The molecule has 0 aromatic rings. The minimum Gasteiger partial charge on any atom is -0.465 e. The molecule has 0 unspecified atom stereocenters. The predicted octanol–water partition coefficient (Wildman–Crippen LogP) is 1.76. The van der Waals surface area contributed by atoms with Crippen LogP contribution in [-0.2, 0) is 0 Å². The van der Waals surface area contributed by atoms with E-state index in [1.165, 1.54) is 4.90 Å². The summed E-state index contributed by atoms with van der Waals surface area (Å²) in [5.74, 6) is 0.445. The second kappa shape index (κ2) is 4.39. The van der Waals surface area contributed by atoms with Crippen molar-refractivity contribution in [2.75, 3.05) is 13.1 Å². The maximum atomic E-state index is 10.9. The standard InChI is InChI=1S/C11H22N2O2/c1-5-8-6-13(10(14)15)7-9(8)12-11(2,3)4/h8-9,12H,5-7H2,1-4H3,(H,14,15)/t8-,9+/m1/s1. The van der Waals surface area contributed by atoms with Gasteiger partial charge in [-0.1, -0.05) is 13.3 Å². The van der Waals surface area contributed by atoms with E-state index in [0.717, 1.165) is 6.42 Å². The lowest BCUT2D eigenvalue weighted by Crippen LogP contribution is -2.47. The Labute approximate surface area is 91.6 Å². The molecule has 0 radical (unpaired) electrons. The second-order valence-electron chi connectivity index (χ2n) is 5.36. The third-order valence-electron chi connectivity index (χ3n) is 2.85. The van der Waals surface area contributed by atoms with Crippen molar-refractivity contribution >= 4 is 6.09 Å². The van der Waals surface area contributed by atoms with Crippen LogP contribution >= 0.6 is 0 Å². The van der Waals surface area contributed by atoms with Crippen LogP contribution in [0.2, 0.25) is 0 Å². The molecule has 0 aliphatic carbocycles. The highest BCUT2D eigenvalue weighted by Crippen LogP contribution is 2.22. The van der Waals surface area contributed by atoms with Crippen molar-refractivity contribution in [3.05, 3.63) is 0 Å². The zero-order chi connectivity index (χ0) is 11.6. The zero-order valence-electron chi connectivity index (χ0n) is 10.1. The van der Waals surface area contributed by atoms with E-state index in [-0.39, 0.29) is 5.54 Å². The fraction of sp³-hybridized carbons (Fsp3) is 0.909. The van der Waals surface area contributed by atoms with Gasteiger partial charge in [-0.3, -0.25) is 0 Å². The minimum absolute atomic E-state index is 0.0482. The van der Waals surface area contributed by atoms with Crippen LogP contribution in [0.5, 0.6) is 0 Å². The van der Waals surface area contributed by atoms with Crippen LogP contribution in [0.1, 0.15) is 34.1 Å². The number of carboxylic acid groups (broad SMARTS) is 1. The molecule has 1 fully saturated rings. The van der Waals surface area contributed by atoms with Crippen LogP contribution in [0, 0.1) is 5.92 Å². The molecule has 0 saturated carbocycles. The van der Waals surface area contributed by atoms with Gasteiger partial charge in [0.2, 0.25) is 0 Å². The molecule has 1 aliphatic rings. The predicted molar refractivity (Wildman–Crippen MR) is 60.1 cm³/mol. The van der Waals surface area contributed by atoms with Crippen molar-refractivity contribution < 1.29 is 9.90 Å². The first-order valence-corrected chi connectivity index (χ1v) is 5.59. The third-order valence-corrected chi connectivity index (χ3v) is 2.85. The van der Waals surface area contributed by atoms with Crippen LogP contribution in [-0.4, -0.2) is 40.8 Å². The first kappa shape index (κ1) is 12.3. The van der Waals surface area contributed by atoms with Crippen molar-refractivity contribution in [3.63, 3.8) is 0 Å². The Kier molecular flexibility index (Phi) is 3.60. The second-order valence-corrected chi connectivity index (χ2v) is 5.36. The van der Waals surface area contributed by atoms with Crippen molar-refractivity contribution in [3.8, 4) is 0 Å². The molecule has 2 atom stereocenters. The summed E-state index contributed by atoms with van der Waals surface area (Å²) in [5.41, 5.74) is 0.0482. The Hall–Kier alpha value is -0.770. The average Bonchev–Trinajstić information content (AvgIpc) is 2.44. The van der Waals surface area contributed by atoms with Crippen LogP contribution in [0.25, 0.3) is 0 Å². The zero-order valence-corrected chi connectivity index (χ0v) is 10.1. The maximum absolute atomic E-state index is 10.9. The summed E-state index contributed by atoms with van der Waals surface area (Å²) < 4.78 is 0. The van der Waals surface area contributed by atoms with Gasteiger partial charge in [0.25, 0.3) is 0 Å². The summed E-state index contributed by atoms with van der Waals surface area (Å²) in [4.78, 5) is 12.4. The fourth-order valence-electron chi connectivity index (χ4n) is 2.16. The molecule has 2 N–H and O–H groups in total. The van der Waals surface area contributed by atoms with Gasteiger partial charge in [0, 0.05) is 24.7 Å². The van der Waals surface area contributed by atoms with Gasteiger partial charge in [-0.2, -0.15) is 0 Å². The van der Waals surface area contributed by atoms with E-state index in [0.29, 0.717) is 25.0 Å². The molecule has 0 spiro atoms. The first-order chi connectivity index (χ1) is 6.83. The van der Waals surface area contributed by atoms with Crippen molar-refractivity contribution in [1.29, 1.82) is 0 Å². The molecule has 1 aliphatic heterocycles. The first-order valence-electron chi connectivity index (χ1n) is 5.59. The monoisotopic (exact) mass is 214 g/mol. The van der Waals surface area contributed by atoms with E-state index in [1.807, 2.05) is 0 Å². The number of likely N-dealkylation sites (tertiary alicyclic amines) is 1. The average molecular weight is 214 g/mol. The Balaban J connectivity index is 2.60. The van der Waals surface area contributed by atoms with Crippen molar-refractivity contribution in [2.45, 2.75) is 45.7 Å². The van der Waals surface area contributed by atoms with Crippen molar-refractivity contribution in [1.82, 2.24) is 10.2 Å². The summed E-state index contributed by atoms with van der Waals surface area (Å²) in [6.07, 6.45) is 0.226. The molecular formula is C11H22N2O2. The molecule has 4 nitrogen and oxygen atoms in total. The third kappa shape index (κ3) is 3.38. The van der Waals surface area contributed by atoms with E-state index in [9.17, 15) is 4.79 Å². The summed E-state index contributed by atoms with van der Waals surface area (Å²) in [5, 5.41) is 12.4. The van der Waals surface area contributed by atoms with Crippen LogP contribution in [0.15, 0.2) is 0 Å². The molecule has 1 heterocycles. The summed E-state index contributed by atoms with van der Waals surface area (Å²) in [6.45, 7) is 9.74. The molecule has 0 bridgehead atoms. The highest BCUT2D eigenvalue weighted by molar-refractivity contribution is 5.65. The van der Waals surface area contributed by atoms with Crippen LogP contribution in [0.3, 0.4) is 0 Å². The van der Waals surface area contributed by atoms with Gasteiger partial charge >= 0.3 is 6.09 Å². The lowest BCUT2D eigenvalue weighted by Gasteiger charge is -2.28. The largest absolute Gasteiger partial charge is 0.465 e. The number of hydrogen-bond acceptors (Lipinski definition) is 2. The van der Waals surface area contributed by atoms with Gasteiger partial charge in [-0.25, -0.2) is 4.79 Å². The van der Waals surface area contributed by atoms with Crippen molar-refractivity contribution in [2.24, 2.45) is 5.92 Å². The van der Waals surface area contributed by atoms with E-state index in [2.05, 4.69) is 33.0 Å². The Morgan fingerprint density at radius 1 is 1.47 bits per heavy atom. The molecule has 0 aromatic heterocycles. The number of amides is 1. The molecule has 1 saturated heterocycles. The van der Waals surface area contributed by atoms with Gasteiger partial charge < -0.3 is 15.3 Å². The quantitative estimate of drug-likeness (QED) is 0.736. The smallest absolute Gasteiger partial charge is 0.407 e. The lowest BCUT2D eigenvalue weighted by molar-refractivity contribution is 0.153. The van der Waals surface area contributed by atoms with Crippen LogP contribution in [0.4, 0.5) is 4.79 Å². The highest BCUT2D eigenvalue weighted by atomic mass is 16.4. The normalized spacial score (nSPS) is 27.1. The Bertz CT molecular complexity index is 235. The summed E-state index contributed by atoms with van der Waals surface area (Å²) in [6, 6.07) is 0.297. The maximum Gasteiger partial charge on any atom is 0.407 e. The number of nitrogens with one attached hydrogen (secondary N) is 1. The van der Waals surface area contributed by atoms with Gasteiger partial charge in [0.05, 0.1) is 0 Å². The topological polar surface area (TPSA) is 52.6 Å². The number of carbonyl (C=O) groups is 1. The highest BCUT2D eigenvalue weighted by Gasteiger charge is 2.35. The van der Waals surface area contributed by atoms with E-state index >= 15 is 0 Å². The summed E-state index contributed by atoms with van der Waals surface area (Å²) in [7, 11) is 0. The van der Waals surface area contributed by atoms with Gasteiger partial charge in [-0.05, 0) is 26.7 Å². The molecule has 1 rings (SSSR count). The number of rotatable bonds is 2. The SMILES string of the molecule is CC[C@@H]1CN(C(=O)O)C[C@@H]1NC(C)(C)C. The minimum atomic E-state index is -0.799. The molecule has 0 aromatic carbocycles. The molecular weight excluding hydrogens is 192 g/mol. The molecule has 88 valence electrons. The van der Waals surface area contributed by atoms with Gasteiger partial charge in [0.1, 0.15) is 0 Å². The lowest BCUT2D eigenvalue weighted by atomic mass is 9.97. The molecule has 15 heavy (non-hydrogen) atoms.